The number of rotatable bonds is 6. The van der Waals surface area contributed by atoms with E-state index in [1.54, 1.807) is 24.3 Å². The molecule has 0 saturated carbocycles. The number of para-hydroxylation sites is 2. The van der Waals surface area contributed by atoms with Crippen LogP contribution in [0, 0.1) is 0 Å². The number of carbonyl (C=O) groups is 2. The zero-order valence-electron chi connectivity index (χ0n) is 14.8. The first-order chi connectivity index (χ1) is 13.2. The molecule has 27 heavy (non-hydrogen) atoms. The Morgan fingerprint density at radius 1 is 1.19 bits per heavy atom. The average Bonchev–Trinajstić information content (AvgIpc) is 3.21. The number of anilines is 1. The summed E-state index contributed by atoms with van der Waals surface area (Å²) in [7, 11) is 0. The van der Waals surface area contributed by atoms with E-state index in [-0.39, 0.29) is 18.2 Å². The topological polar surface area (TPSA) is 75.3 Å². The second kappa shape index (κ2) is 7.44. The number of fused-ring (bicyclic) bond motifs is 1. The highest BCUT2D eigenvalue weighted by molar-refractivity contribution is 7.99. The van der Waals surface area contributed by atoms with Gasteiger partial charge in [-0.2, -0.15) is 0 Å². The molecule has 2 amide bonds. The van der Waals surface area contributed by atoms with E-state index >= 15 is 0 Å². The normalized spacial score (nSPS) is 17.1. The highest BCUT2D eigenvalue weighted by Gasteiger charge is 2.39. The van der Waals surface area contributed by atoms with Crippen molar-refractivity contribution in [1.29, 1.82) is 0 Å². The number of hydrogen-bond acceptors (Lipinski definition) is 5. The van der Waals surface area contributed by atoms with Crippen LogP contribution in [0.15, 0.2) is 48.5 Å². The molecule has 1 aliphatic heterocycles. The number of nitrogens with zero attached hydrogens (tertiary/aromatic N) is 2. The number of amides is 2. The number of imide groups is 1. The van der Waals surface area contributed by atoms with E-state index in [0.717, 1.165) is 22.6 Å². The van der Waals surface area contributed by atoms with Gasteiger partial charge < -0.3 is 9.72 Å². The molecule has 7 heteroatoms. The van der Waals surface area contributed by atoms with Crippen LogP contribution in [0.4, 0.5) is 5.69 Å². The molecule has 0 spiro atoms. The molecule has 4 rings (SSSR count). The number of imidazole rings is 1. The van der Waals surface area contributed by atoms with Crippen molar-refractivity contribution in [2.45, 2.75) is 24.3 Å². The molecule has 0 aliphatic carbocycles. The Balaban J connectivity index is 1.44. The second-order valence-corrected chi connectivity index (χ2v) is 7.39. The number of hydrogen-bond donors (Lipinski definition) is 1. The molecule has 0 bridgehead atoms. The number of ether oxygens (including phenoxy) is 1. The lowest BCUT2D eigenvalue weighted by molar-refractivity contribution is -0.121. The van der Waals surface area contributed by atoms with Gasteiger partial charge >= 0.3 is 0 Å². The predicted molar refractivity (Wildman–Crippen MR) is 106 cm³/mol. The number of aromatic nitrogens is 2. The molecule has 1 aromatic heterocycles. The third-order valence-corrected chi connectivity index (χ3v) is 5.58. The zero-order valence-corrected chi connectivity index (χ0v) is 15.7. The third kappa shape index (κ3) is 3.55. The lowest BCUT2D eigenvalue weighted by atomic mass is 10.3. The number of nitrogens with one attached hydrogen (secondary N) is 1. The van der Waals surface area contributed by atoms with Gasteiger partial charge in [-0.25, -0.2) is 9.88 Å². The van der Waals surface area contributed by atoms with Crippen molar-refractivity contribution in [3.05, 3.63) is 54.4 Å². The van der Waals surface area contributed by atoms with Crippen LogP contribution in [-0.2, 0) is 15.3 Å². The Morgan fingerprint density at radius 2 is 1.96 bits per heavy atom. The summed E-state index contributed by atoms with van der Waals surface area (Å²) in [4.78, 5) is 34.2. The monoisotopic (exact) mass is 381 g/mol. The molecule has 6 nitrogen and oxygen atoms in total. The van der Waals surface area contributed by atoms with Crippen molar-refractivity contribution in [3.63, 3.8) is 0 Å². The number of H-pyrrole nitrogens is 1. The molecule has 1 saturated heterocycles. The molecule has 1 N–H and O–H groups in total. The van der Waals surface area contributed by atoms with Gasteiger partial charge in [0, 0.05) is 6.42 Å². The Kier molecular flexibility index (Phi) is 4.85. The zero-order chi connectivity index (χ0) is 18.8. The first kappa shape index (κ1) is 17.6. The minimum absolute atomic E-state index is 0.175. The maximum Gasteiger partial charge on any atom is 0.247 e. The van der Waals surface area contributed by atoms with Crippen LogP contribution in [0.2, 0.25) is 0 Å². The van der Waals surface area contributed by atoms with Crippen molar-refractivity contribution in [1.82, 2.24) is 9.97 Å². The van der Waals surface area contributed by atoms with Gasteiger partial charge in [0.05, 0.1) is 34.3 Å². The van der Waals surface area contributed by atoms with Gasteiger partial charge in [-0.3, -0.25) is 9.59 Å². The van der Waals surface area contributed by atoms with E-state index in [4.69, 9.17) is 4.74 Å². The van der Waals surface area contributed by atoms with Crippen molar-refractivity contribution >= 4 is 40.3 Å². The fourth-order valence-corrected chi connectivity index (χ4v) is 4.12. The third-order valence-electron chi connectivity index (χ3n) is 4.37. The first-order valence-corrected chi connectivity index (χ1v) is 9.85. The number of benzene rings is 2. The summed E-state index contributed by atoms with van der Waals surface area (Å²) >= 11 is 1.44. The van der Waals surface area contributed by atoms with E-state index in [1.807, 2.05) is 31.2 Å². The van der Waals surface area contributed by atoms with E-state index in [9.17, 15) is 9.59 Å². The molecule has 2 aromatic carbocycles. The predicted octanol–water partition coefficient (Wildman–Crippen LogP) is 3.53. The molecule has 0 unspecified atom stereocenters. The lowest BCUT2D eigenvalue weighted by Crippen LogP contribution is -2.31. The maximum absolute atomic E-state index is 12.7. The maximum atomic E-state index is 12.7. The minimum atomic E-state index is -0.391. The largest absolute Gasteiger partial charge is 0.494 e. The van der Waals surface area contributed by atoms with Crippen LogP contribution in [0.5, 0.6) is 5.75 Å². The summed E-state index contributed by atoms with van der Waals surface area (Å²) in [6, 6.07) is 14.8. The van der Waals surface area contributed by atoms with E-state index in [0.29, 0.717) is 18.0 Å². The van der Waals surface area contributed by atoms with Crippen LogP contribution in [0.25, 0.3) is 11.0 Å². The molecular formula is C20H19N3O3S. The van der Waals surface area contributed by atoms with Gasteiger partial charge in [0.15, 0.2) is 0 Å². The summed E-state index contributed by atoms with van der Waals surface area (Å²) in [6.45, 7) is 2.48. The SMILES string of the molecule is CCOc1ccc(N2C(=O)C[C@@H](SCc3nc4ccccc4[nH]3)C2=O)cc1. The Bertz CT molecular complexity index is 951. The minimum Gasteiger partial charge on any atom is -0.494 e. The van der Waals surface area contributed by atoms with Gasteiger partial charge in [-0.15, -0.1) is 11.8 Å². The Labute approximate surface area is 160 Å². The van der Waals surface area contributed by atoms with Crippen LogP contribution >= 0.6 is 11.8 Å². The van der Waals surface area contributed by atoms with Crippen molar-refractivity contribution < 1.29 is 14.3 Å². The first-order valence-electron chi connectivity index (χ1n) is 8.80. The van der Waals surface area contributed by atoms with Gasteiger partial charge in [-0.05, 0) is 43.3 Å². The number of carbonyl (C=O) groups excluding carboxylic acids is 2. The molecule has 1 atom stereocenters. The van der Waals surface area contributed by atoms with E-state index < -0.39 is 5.25 Å². The smallest absolute Gasteiger partial charge is 0.247 e. The van der Waals surface area contributed by atoms with Gasteiger partial charge in [0.2, 0.25) is 11.8 Å². The molecule has 2 heterocycles. The van der Waals surface area contributed by atoms with Crippen molar-refractivity contribution in [2.75, 3.05) is 11.5 Å². The van der Waals surface area contributed by atoms with Gasteiger partial charge in [0.1, 0.15) is 11.6 Å². The summed E-state index contributed by atoms with van der Waals surface area (Å²) in [5, 5.41) is -0.391. The van der Waals surface area contributed by atoms with E-state index in [1.165, 1.54) is 16.7 Å². The number of aromatic amines is 1. The Hall–Kier alpha value is -2.80. The van der Waals surface area contributed by atoms with Gasteiger partial charge in [0.25, 0.3) is 0 Å². The highest BCUT2D eigenvalue weighted by atomic mass is 32.2. The van der Waals surface area contributed by atoms with E-state index in [2.05, 4.69) is 9.97 Å². The fraction of sp³-hybridized carbons (Fsp3) is 0.250. The molecule has 1 fully saturated rings. The molecular weight excluding hydrogens is 362 g/mol. The summed E-state index contributed by atoms with van der Waals surface area (Å²) < 4.78 is 5.41. The van der Waals surface area contributed by atoms with Crippen LogP contribution in [0.3, 0.4) is 0 Å². The number of thioether (sulfide) groups is 1. The van der Waals surface area contributed by atoms with Crippen molar-refractivity contribution in [3.8, 4) is 5.75 Å². The average molecular weight is 381 g/mol. The van der Waals surface area contributed by atoms with Gasteiger partial charge in [-0.1, -0.05) is 12.1 Å². The lowest BCUT2D eigenvalue weighted by Gasteiger charge is -2.15. The quantitative estimate of drug-likeness (QED) is 0.661. The Morgan fingerprint density at radius 3 is 2.70 bits per heavy atom. The summed E-state index contributed by atoms with van der Waals surface area (Å²) in [5.74, 6) is 1.73. The van der Waals surface area contributed by atoms with Crippen molar-refractivity contribution in [2.24, 2.45) is 0 Å². The molecule has 138 valence electrons. The summed E-state index contributed by atoms with van der Waals surface area (Å²) in [5.41, 5.74) is 2.45. The summed E-state index contributed by atoms with van der Waals surface area (Å²) in [6.07, 6.45) is 0.205. The van der Waals surface area contributed by atoms with Crippen LogP contribution in [0.1, 0.15) is 19.2 Å². The van der Waals surface area contributed by atoms with Crippen LogP contribution < -0.4 is 9.64 Å². The van der Waals surface area contributed by atoms with Crippen LogP contribution in [-0.4, -0.2) is 33.6 Å². The fourth-order valence-electron chi connectivity index (χ4n) is 3.12. The molecule has 3 aromatic rings. The molecule has 0 radical (unpaired) electrons. The standard InChI is InChI=1S/C20H19N3O3S/c1-2-26-14-9-7-13(8-10-14)23-19(24)11-17(20(23)25)27-12-18-21-15-5-3-4-6-16(15)22-18/h3-10,17H,2,11-12H2,1H3,(H,21,22)/t17-/m1/s1. The highest BCUT2D eigenvalue weighted by Crippen LogP contribution is 2.32. The molecule has 1 aliphatic rings. The second-order valence-electron chi connectivity index (χ2n) is 6.20.